The number of nitrogens with two attached hydrogens (primary N) is 1. The molecule has 0 fully saturated rings. The van der Waals surface area contributed by atoms with E-state index in [4.69, 9.17) is 5.73 Å². The van der Waals surface area contributed by atoms with Crippen molar-refractivity contribution in [2.75, 3.05) is 0 Å². The molecule has 0 spiro atoms. The van der Waals surface area contributed by atoms with Crippen molar-refractivity contribution in [3.8, 4) is 5.88 Å². The summed E-state index contributed by atoms with van der Waals surface area (Å²) in [5.74, 6) is -0.457. The fourth-order valence-corrected chi connectivity index (χ4v) is 1.93. The Labute approximate surface area is 98.0 Å². The molecule has 0 aliphatic heterocycles. The maximum atomic E-state index is 11.9. The molecule has 0 aromatic carbocycles. The summed E-state index contributed by atoms with van der Waals surface area (Å²) in [7, 11) is 0. The first-order valence-electron chi connectivity index (χ1n) is 3.95. The van der Waals surface area contributed by atoms with Gasteiger partial charge in [-0.05, 0) is 29.5 Å². The van der Waals surface area contributed by atoms with E-state index in [0.29, 0.717) is 9.26 Å². The van der Waals surface area contributed by atoms with Gasteiger partial charge in [-0.1, -0.05) is 0 Å². The number of aromatic nitrogens is 1. The molecule has 0 atom stereocenters. The predicted octanol–water partition coefficient (Wildman–Crippen LogP) is 2.35. The average Bonchev–Trinajstić information content (AvgIpc) is 1.99. The molecule has 0 saturated heterocycles. The van der Waals surface area contributed by atoms with Crippen molar-refractivity contribution < 1.29 is 17.9 Å². The molecule has 1 heterocycles. The number of rotatable bonds is 2. The second-order valence-electron chi connectivity index (χ2n) is 2.76. The minimum atomic E-state index is -4.72. The summed E-state index contributed by atoms with van der Waals surface area (Å²) >= 11 is 1.90. The van der Waals surface area contributed by atoms with Crippen LogP contribution < -0.4 is 10.5 Å². The van der Waals surface area contributed by atoms with Crippen LogP contribution in [0, 0.1) is 10.5 Å². The summed E-state index contributed by atoms with van der Waals surface area (Å²) in [5.41, 5.74) is 6.60. The van der Waals surface area contributed by atoms with Gasteiger partial charge in [0.05, 0.1) is 0 Å². The van der Waals surface area contributed by atoms with Crippen LogP contribution in [0.15, 0.2) is 6.07 Å². The highest BCUT2D eigenvalue weighted by atomic mass is 127. The molecule has 0 bridgehead atoms. The first kappa shape index (κ1) is 12.5. The van der Waals surface area contributed by atoms with E-state index in [9.17, 15) is 13.2 Å². The Morgan fingerprint density at radius 3 is 2.53 bits per heavy atom. The molecule has 1 aromatic heterocycles. The van der Waals surface area contributed by atoms with Crippen molar-refractivity contribution in [1.82, 2.24) is 4.98 Å². The number of hydrogen-bond donors (Lipinski definition) is 1. The zero-order chi connectivity index (χ0) is 11.6. The molecular weight excluding hydrogens is 324 g/mol. The van der Waals surface area contributed by atoms with Gasteiger partial charge in [-0.3, -0.25) is 0 Å². The predicted molar refractivity (Wildman–Crippen MR) is 56.3 cm³/mol. The molecule has 0 aliphatic carbocycles. The van der Waals surface area contributed by atoms with Gasteiger partial charge in [-0.2, -0.15) is 0 Å². The van der Waals surface area contributed by atoms with E-state index in [1.807, 2.05) is 22.6 Å². The lowest BCUT2D eigenvalue weighted by Gasteiger charge is -2.11. The van der Waals surface area contributed by atoms with E-state index in [1.165, 1.54) is 6.07 Å². The standard InChI is InChI=1S/C8H8F3IN2O/c1-4-5(3-13)6(12)2-7(14-4)15-8(9,10)11/h2H,3,13H2,1H3. The number of aryl methyl sites for hydroxylation is 1. The fraction of sp³-hybridized carbons (Fsp3) is 0.375. The van der Waals surface area contributed by atoms with Gasteiger partial charge < -0.3 is 10.5 Å². The van der Waals surface area contributed by atoms with Crippen LogP contribution in [0.3, 0.4) is 0 Å². The second kappa shape index (κ2) is 4.52. The molecule has 0 amide bonds. The third kappa shape index (κ3) is 3.49. The van der Waals surface area contributed by atoms with Crippen LogP contribution in [0.5, 0.6) is 5.88 Å². The SMILES string of the molecule is Cc1nc(OC(F)(F)F)cc(I)c1CN. The Morgan fingerprint density at radius 2 is 2.13 bits per heavy atom. The van der Waals surface area contributed by atoms with E-state index in [0.717, 1.165) is 5.56 Å². The number of hydrogen-bond acceptors (Lipinski definition) is 3. The summed E-state index contributed by atoms with van der Waals surface area (Å²) in [6.07, 6.45) is -4.72. The smallest absolute Gasteiger partial charge is 0.388 e. The quantitative estimate of drug-likeness (QED) is 0.846. The first-order chi connectivity index (χ1) is 6.83. The molecule has 7 heteroatoms. The van der Waals surface area contributed by atoms with Gasteiger partial charge in [-0.25, -0.2) is 4.98 Å². The molecule has 0 radical (unpaired) electrons. The molecular formula is C8H8F3IN2O. The van der Waals surface area contributed by atoms with Crippen LogP contribution in [0.1, 0.15) is 11.3 Å². The van der Waals surface area contributed by atoms with Crippen molar-refractivity contribution in [3.05, 3.63) is 20.9 Å². The van der Waals surface area contributed by atoms with Crippen molar-refractivity contribution in [2.24, 2.45) is 5.73 Å². The first-order valence-corrected chi connectivity index (χ1v) is 5.03. The summed E-state index contributed by atoms with van der Waals surface area (Å²) in [6, 6.07) is 1.21. The van der Waals surface area contributed by atoms with Gasteiger partial charge in [-0.15, -0.1) is 13.2 Å². The van der Waals surface area contributed by atoms with Crippen molar-refractivity contribution in [2.45, 2.75) is 19.8 Å². The van der Waals surface area contributed by atoms with Gasteiger partial charge in [0.15, 0.2) is 0 Å². The third-order valence-corrected chi connectivity index (χ3v) is 2.64. The average molecular weight is 332 g/mol. The summed E-state index contributed by atoms with van der Waals surface area (Å²) in [5, 5.41) is 0. The number of nitrogens with zero attached hydrogens (tertiary/aromatic N) is 1. The van der Waals surface area contributed by atoms with Gasteiger partial charge in [0.2, 0.25) is 5.88 Å². The Balaban J connectivity index is 3.04. The molecule has 1 rings (SSSR count). The van der Waals surface area contributed by atoms with E-state index < -0.39 is 12.2 Å². The fourth-order valence-electron chi connectivity index (χ4n) is 1.05. The van der Waals surface area contributed by atoms with Crippen LogP contribution >= 0.6 is 22.6 Å². The zero-order valence-electron chi connectivity index (χ0n) is 7.73. The second-order valence-corrected chi connectivity index (χ2v) is 3.92. The lowest BCUT2D eigenvalue weighted by molar-refractivity contribution is -0.276. The number of halogens is 4. The number of alkyl halides is 3. The van der Waals surface area contributed by atoms with Crippen molar-refractivity contribution in [3.63, 3.8) is 0 Å². The molecule has 0 saturated carbocycles. The molecule has 2 N–H and O–H groups in total. The van der Waals surface area contributed by atoms with E-state index in [1.54, 1.807) is 6.92 Å². The normalized spacial score (nSPS) is 11.6. The van der Waals surface area contributed by atoms with Crippen molar-refractivity contribution in [1.29, 1.82) is 0 Å². The van der Waals surface area contributed by atoms with Crippen molar-refractivity contribution >= 4 is 22.6 Å². The lowest BCUT2D eigenvalue weighted by Crippen LogP contribution is -2.18. The molecule has 0 aliphatic rings. The Morgan fingerprint density at radius 1 is 1.53 bits per heavy atom. The maximum Gasteiger partial charge on any atom is 0.574 e. The molecule has 15 heavy (non-hydrogen) atoms. The van der Waals surface area contributed by atoms with Crippen LogP contribution in [0.2, 0.25) is 0 Å². The van der Waals surface area contributed by atoms with E-state index in [-0.39, 0.29) is 6.54 Å². The summed E-state index contributed by atoms with van der Waals surface area (Å²) < 4.78 is 40.0. The third-order valence-electron chi connectivity index (χ3n) is 1.68. The Bertz CT molecular complexity index is 344. The largest absolute Gasteiger partial charge is 0.574 e. The molecule has 0 unspecified atom stereocenters. The Hall–Kier alpha value is -0.570. The number of ether oxygens (including phenoxy) is 1. The van der Waals surface area contributed by atoms with E-state index >= 15 is 0 Å². The summed E-state index contributed by atoms with van der Waals surface area (Å²) in [4.78, 5) is 3.66. The van der Waals surface area contributed by atoms with E-state index in [2.05, 4.69) is 9.72 Å². The van der Waals surface area contributed by atoms with Gasteiger partial charge in [0, 0.05) is 27.4 Å². The van der Waals surface area contributed by atoms with Gasteiger partial charge in [0.1, 0.15) is 0 Å². The molecule has 3 nitrogen and oxygen atoms in total. The summed E-state index contributed by atoms with van der Waals surface area (Å²) in [6.45, 7) is 1.83. The van der Waals surface area contributed by atoms with Crippen LogP contribution in [-0.2, 0) is 6.54 Å². The monoisotopic (exact) mass is 332 g/mol. The van der Waals surface area contributed by atoms with Crippen LogP contribution in [-0.4, -0.2) is 11.3 Å². The lowest BCUT2D eigenvalue weighted by atomic mass is 10.2. The minimum absolute atomic E-state index is 0.239. The Kier molecular flexibility index (Phi) is 3.77. The number of pyridine rings is 1. The van der Waals surface area contributed by atoms with Gasteiger partial charge in [0.25, 0.3) is 0 Å². The highest BCUT2D eigenvalue weighted by Gasteiger charge is 2.32. The molecule has 84 valence electrons. The maximum absolute atomic E-state index is 11.9. The highest BCUT2D eigenvalue weighted by molar-refractivity contribution is 14.1. The molecule has 1 aromatic rings. The topological polar surface area (TPSA) is 48.1 Å². The van der Waals surface area contributed by atoms with Crippen LogP contribution in [0.4, 0.5) is 13.2 Å². The van der Waals surface area contributed by atoms with Crippen LogP contribution in [0.25, 0.3) is 0 Å². The van der Waals surface area contributed by atoms with Gasteiger partial charge >= 0.3 is 6.36 Å². The minimum Gasteiger partial charge on any atom is -0.388 e. The highest BCUT2D eigenvalue weighted by Crippen LogP contribution is 2.25. The zero-order valence-corrected chi connectivity index (χ0v) is 9.89.